The van der Waals surface area contributed by atoms with Gasteiger partial charge in [0.15, 0.2) is 6.29 Å². The van der Waals surface area contributed by atoms with Crippen LogP contribution in [0.3, 0.4) is 0 Å². The number of nitro benzene ring substituents is 1. The Labute approximate surface area is 180 Å². The fourth-order valence-electron chi connectivity index (χ4n) is 3.33. The summed E-state index contributed by atoms with van der Waals surface area (Å²) in [6.07, 6.45) is -15.4. The Morgan fingerprint density at radius 2 is 1.34 bits per heavy atom. The number of non-ortho nitro benzene ring substituents is 1. The fourth-order valence-corrected chi connectivity index (χ4v) is 3.33. The normalized spacial score (nSPS) is 40.1. The van der Waals surface area contributed by atoms with E-state index in [1.165, 1.54) is 12.1 Å². The molecular formula is C18H25NO13. The Morgan fingerprint density at radius 3 is 1.91 bits per heavy atom. The average Bonchev–Trinajstić information content (AvgIpc) is 2.78. The van der Waals surface area contributed by atoms with Crippen LogP contribution in [-0.2, 0) is 14.2 Å². The number of ether oxygens (including phenoxy) is 4. The van der Waals surface area contributed by atoms with Crippen molar-refractivity contribution < 1.29 is 59.6 Å². The molecule has 2 heterocycles. The van der Waals surface area contributed by atoms with Crippen LogP contribution in [0.2, 0.25) is 0 Å². The maximum Gasteiger partial charge on any atom is 0.269 e. The van der Waals surface area contributed by atoms with Gasteiger partial charge in [0.05, 0.1) is 18.1 Å². The predicted octanol–water partition coefficient (Wildman–Crippen LogP) is -3.40. The molecule has 0 bridgehead atoms. The lowest BCUT2D eigenvalue weighted by Crippen LogP contribution is -2.62. The summed E-state index contributed by atoms with van der Waals surface area (Å²) >= 11 is 0. The lowest BCUT2D eigenvalue weighted by Gasteiger charge is -2.42. The lowest BCUT2D eigenvalue weighted by atomic mass is 9.98. The number of hydrogen-bond acceptors (Lipinski definition) is 13. The Kier molecular flexibility index (Phi) is 7.94. The van der Waals surface area contributed by atoms with Gasteiger partial charge in [-0.15, -0.1) is 0 Å². The molecule has 1 aromatic rings. The summed E-state index contributed by atoms with van der Waals surface area (Å²) in [6, 6.07) is 4.83. The summed E-state index contributed by atoms with van der Waals surface area (Å²) in [5.74, 6) is 0.0804. The van der Waals surface area contributed by atoms with Gasteiger partial charge in [-0.1, -0.05) is 0 Å². The van der Waals surface area contributed by atoms with E-state index in [1.807, 2.05) is 0 Å². The van der Waals surface area contributed by atoms with Crippen molar-refractivity contribution in [2.45, 2.75) is 61.4 Å². The molecule has 14 nitrogen and oxygen atoms in total. The van der Waals surface area contributed by atoms with Crippen LogP contribution in [0.4, 0.5) is 5.69 Å². The third kappa shape index (κ3) is 5.15. The summed E-state index contributed by atoms with van der Waals surface area (Å²) in [6.45, 7) is -1.17. The largest absolute Gasteiger partial charge is 0.462 e. The van der Waals surface area contributed by atoms with E-state index in [4.69, 9.17) is 18.9 Å². The van der Waals surface area contributed by atoms with E-state index in [9.17, 15) is 45.9 Å². The first-order valence-electron chi connectivity index (χ1n) is 9.67. The van der Waals surface area contributed by atoms with E-state index >= 15 is 0 Å². The molecule has 7 N–H and O–H groups in total. The van der Waals surface area contributed by atoms with Gasteiger partial charge in [0.2, 0.25) is 6.29 Å². The van der Waals surface area contributed by atoms with Gasteiger partial charge in [0, 0.05) is 12.1 Å². The zero-order valence-electron chi connectivity index (χ0n) is 16.5. The van der Waals surface area contributed by atoms with Crippen LogP contribution in [0.25, 0.3) is 0 Å². The zero-order valence-corrected chi connectivity index (χ0v) is 16.5. The molecule has 32 heavy (non-hydrogen) atoms. The van der Waals surface area contributed by atoms with Crippen molar-refractivity contribution >= 4 is 5.69 Å². The van der Waals surface area contributed by atoms with Crippen molar-refractivity contribution in [3.63, 3.8) is 0 Å². The Hall–Kier alpha value is -1.98. The molecule has 2 saturated heterocycles. The third-order valence-electron chi connectivity index (χ3n) is 5.24. The number of aliphatic hydroxyl groups is 7. The zero-order chi connectivity index (χ0) is 23.6. The van der Waals surface area contributed by atoms with Crippen molar-refractivity contribution in [2.75, 3.05) is 13.2 Å². The summed E-state index contributed by atoms with van der Waals surface area (Å²) < 4.78 is 21.4. The summed E-state index contributed by atoms with van der Waals surface area (Å²) in [5, 5.41) is 80.1. The molecule has 10 atom stereocenters. The molecule has 0 unspecified atom stereocenters. The number of aliphatic hydroxyl groups excluding tert-OH is 7. The molecule has 2 aliphatic rings. The van der Waals surface area contributed by atoms with Crippen LogP contribution in [0.15, 0.2) is 24.3 Å². The summed E-state index contributed by atoms with van der Waals surface area (Å²) in [7, 11) is 0. The van der Waals surface area contributed by atoms with E-state index in [0.717, 1.165) is 12.1 Å². The molecule has 2 aliphatic heterocycles. The SMILES string of the molecule is O=[N+]([O-])c1ccc(O[C@H]2O[C@@H](CO[C@@H]3O[C@H](CO)[C@H](O)[C@@H](O)[C@@H]3O)[C@H](O)[C@@H](O)[C@@H]2O)cc1. The van der Waals surface area contributed by atoms with Gasteiger partial charge in [-0.25, -0.2) is 0 Å². The Morgan fingerprint density at radius 1 is 0.812 bits per heavy atom. The average molecular weight is 463 g/mol. The van der Waals surface area contributed by atoms with Gasteiger partial charge in [0.1, 0.15) is 54.6 Å². The van der Waals surface area contributed by atoms with Gasteiger partial charge >= 0.3 is 0 Å². The molecule has 0 radical (unpaired) electrons. The van der Waals surface area contributed by atoms with Gasteiger partial charge in [-0.3, -0.25) is 10.1 Å². The molecule has 0 aliphatic carbocycles. The van der Waals surface area contributed by atoms with Crippen molar-refractivity contribution in [1.82, 2.24) is 0 Å². The Bertz CT molecular complexity index is 762. The van der Waals surface area contributed by atoms with Gasteiger partial charge < -0.3 is 54.7 Å². The van der Waals surface area contributed by atoms with Gasteiger partial charge in [0.25, 0.3) is 5.69 Å². The van der Waals surface area contributed by atoms with Gasteiger partial charge in [-0.05, 0) is 12.1 Å². The highest BCUT2D eigenvalue weighted by Gasteiger charge is 2.47. The van der Waals surface area contributed by atoms with E-state index in [-0.39, 0.29) is 11.4 Å². The first-order chi connectivity index (χ1) is 15.1. The van der Waals surface area contributed by atoms with Crippen molar-refractivity contribution in [3.05, 3.63) is 34.4 Å². The second kappa shape index (κ2) is 10.3. The Balaban J connectivity index is 1.64. The maximum absolute atomic E-state index is 10.7. The van der Waals surface area contributed by atoms with E-state index in [2.05, 4.69) is 0 Å². The standard InChI is InChI=1S/C18H25NO13/c20-5-9-11(21)13(23)15(25)17(31-9)29-6-10-12(22)14(24)16(26)18(32-10)30-8-3-1-7(2-4-8)19(27)28/h1-4,9-18,20-26H,5-6H2/t9-,10+,11+,12+,13-,14-,15+,16+,17-,18+/m1/s1. The molecule has 0 aromatic heterocycles. The topological polar surface area (TPSA) is 222 Å². The lowest BCUT2D eigenvalue weighted by molar-refractivity contribution is -0.384. The first kappa shape index (κ1) is 24.7. The molecule has 1 aromatic carbocycles. The quantitative estimate of drug-likeness (QED) is 0.155. The molecule has 3 rings (SSSR count). The second-order valence-corrected chi connectivity index (χ2v) is 7.41. The van der Waals surface area contributed by atoms with E-state index < -0.39 is 79.5 Å². The minimum atomic E-state index is -1.71. The number of benzene rings is 1. The van der Waals surface area contributed by atoms with Crippen molar-refractivity contribution in [3.8, 4) is 5.75 Å². The van der Waals surface area contributed by atoms with Crippen LogP contribution in [0, 0.1) is 10.1 Å². The number of rotatable bonds is 7. The monoisotopic (exact) mass is 463 g/mol. The molecular weight excluding hydrogens is 438 g/mol. The second-order valence-electron chi connectivity index (χ2n) is 7.41. The molecule has 0 spiro atoms. The molecule has 0 saturated carbocycles. The molecule has 180 valence electrons. The van der Waals surface area contributed by atoms with E-state index in [0.29, 0.717) is 0 Å². The fraction of sp³-hybridized carbons (Fsp3) is 0.667. The summed E-state index contributed by atoms with van der Waals surface area (Å²) in [4.78, 5) is 10.1. The summed E-state index contributed by atoms with van der Waals surface area (Å²) in [5.41, 5.74) is -0.191. The third-order valence-corrected chi connectivity index (χ3v) is 5.24. The highest BCUT2D eigenvalue weighted by molar-refractivity contribution is 5.36. The molecule has 0 amide bonds. The molecule has 2 fully saturated rings. The minimum Gasteiger partial charge on any atom is -0.462 e. The smallest absolute Gasteiger partial charge is 0.269 e. The predicted molar refractivity (Wildman–Crippen MR) is 100 cm³/mol. The van der Waals surface area contributed by atoms with Gasteiger partial charge in [-0.2, -0.15) is 0 Å². The number of hydrogen-bond donors (Lipinski definition) is 7. The highest BCUT2D eigenvalue weighted by atomic mass is 16.7. The van der Waals surface area contributed by atoms with Crippen LogP contribution >= 0.6 is 0 Å². The van der Waals surface area contributed by atoms with Crippen LogP contribution < -0.4 is 4.74 Å². The van der Waals surface area contributed by atoms with E-state index in [1.54, 1.807) is 0 Å². The number of nitrogens with zero attached hydrogens (tertiary/aromatic N) is 1. The highest BCUT2D eigenvalue weighted by Crippen LogP contribution is 2.27. The van der Waals surface area contributed by atoms with Crippen molar-refractivity contribution in [2.24, 2.45) is 0 Å². The van der Waals surface area contributed by atoms with Crippen LogP contribution in [0.5, 0.6) is 5.75 Å². The number of nitro groups is 1. The van der Waals surface area contributed by atoms with Crippen molar-refractivity contribution in [1.29, 1.82) is 0 Å². The first-order valence-corrected chi connectivity index (χ1v) is 9.67. The maximum atomic E-state index is 10.7. The van der Waals surface area contributed by atoms with Crippen LogP contribution in [0.1, 0.15) is 0 Å². The van der Waals surface area contributed by atoms with Crippen LogP contribution in [-0.4, -0.2) is 115 Å². The molecule has 14 heteroatoms. The minimum absolute atomic E-state index is 0.0804.